The van der Waals surface area contributed by atoms with Gasteiger partial charge in [-0.3, -0.25) is 14.0 Å². The van der Waals surface area contributed by atoms with Crippen LogP contribution >= 0.6 is 11.6 Å². The lowest BCUT2D eigenvalue weighted by Crippen LogP contribution is -2.23. The van der Waals surface area contributed by atoms with Gasteiger partial charge < -0.3 is 4.74 Å². The molecule has 0 saturated heterocycles. The number of nitrogens with zero attached hydrogens (tertiary/aromatic N) is 2. The number of hydrogen-bond acceptors (Lipinski definition) is 4. The molecule has 28 heavy (non-hydrogen) atoms. The predicted octanol–water partition coefficient (Wildman–Crippen LogP) is 4.30. The third-order valence-corrected chi connectivity index (χ3v) is 4.68. The summed E-state index contributed by atoms with van der Waals surface area (Å²) in [6.07, 6.45) is 2.88. The van der Waals surface area contributed by atoms with Gasteiger partial charge in [0.05, 0.1) is 16.6 Å². The zero-order valence-corrected chi connectivity index (χ0v) is 16.7. The molecule has 0 spiro atoms. The highest BCUT2D eigenvalue weighted by molar-refractivity contribution is 6.30. The Hall–Kier alpha value is -2.66. The van der Waals surface area contributed by atoms with E-state index >= 15 is 0 Å². The first-order valence-electron chi connectivity index (χ1n) is 9.31. The first-order valence-corrected chi connectivity index (χ1v) is 9.68. The maximum absolute atomic E-state index is 12.7. The second kappa shape index (κ2) is 9.02. The van der Waals surface area contributed by atoms with Crippen LogP contribution in [-0.2, 0) is 22.6 Å². The van der Waals surface area contributed by atoms with E-state index in [1.807, 2.05) is 30.3 Å². The van der Waals surface area contributed by atoms with E-state index in [-0.39, 0.29) is 24.1 Å². The van der Waals surface area contributed by atoms with Gasteiger partial charge in [0.25, 0.3) is 5.56 Å². The predicted molar refractivity (Wildman–Crippen MR) is 109 cm³/mol. The normalized spacial score (nSPS) is 12.3. The van der Waals surface area contributed by atoms with E-state index in [1.165, 1.54) is 16.7 Å². The van der Waals surface area contributed by atoms with Crippen molar-refractivity contribution in [2.24, 2.45) is 11.8 Å². The van der Waals surface area contributed by atoms with Gasteiger partial charge in [0, 0.05) is 12.3 Å². The zero-order chi connectivity index (χ0) is 20.1. The Kier molecular flexibility index (Phi) is 6.47. The minimum atomic E-state index is -0.268. The molecule has 0 N–H and O–H groups in total. The van der Waals surface area contributed by atoms with Crippen molar-refractivity contribution in [3.05, 3.63) is 81.4 Å². The molecule has 0 amide bonds. The molecular weight excluding hydrogens is 376 g/mol. The van der Waals surface area contributed by atoms with Crippen LogP contribution in [0.4, 0.5) is 0 Å². The molecule has 2 heterocycles. The van der Waals surface area contributed by atoms with Crippen molar-refractivity contribution in [2.45, 2.75) is 33.3 Å². The summed E-state index contributed by atoms with van der Waals surface area (Å²) >= 11 is 5.92. The van der Waals surface area contributed by atoms with E-state index in [4.69, 9.17) is 16.3 Å². The minimum Gasteiger partial charge on any atom is -0.459 e. The first-order chi connectivity index (χ1) is 13.4. The van der Waals surface area contributed by atoms with E-state index in [0.29, 0.717) is 28.7 Å². The van der Waals surface area contributed by atoms with Crippen LogP contribution in [0.5, 0.6) is 0 Å². The number of benzene rings is 1. The number of esters is 1. The molecule has 3 aromatic rings. The lowest BCUT2D eigenvalue weighted by molar-refractivity contribution is -0.150. The smallest absolute Gasteiger partial charge is 0.309 e. The molecule has 0 saturated carbocycles. The summed E-state index contributed by atoms with van der Waals surface area (Å²) in [6.45, 7) is 4.14. The molecule has 1 atom stereocenters. The Morgan fingerprint density at radius 1 is 1.18 bits per heavy atom. The van der Waals surface area contributed by atoms with Crippen LogP contribution < -0.4 is 5.56 Å². The Labute approximate surface area is 168 Å². The summed E-state index contributed by atoms with van der Waals surface area (Å²) in [6, 6.07) is 14.6. The average molecular weight is 399 g/mol. The quantitative estimate of drug-likeness (QED) is 0.557. The van der Waals surface area contributed by atoms with Crippen molar-refractivity contribution in [3.63, 3.8) is 0 Å². The number of hydrogen-bond donors (Lipinski definition) is 0. The molecule has 0 aliphatic carbocycles. The molecule has 6 heteroatoms. The van der Waals surface area contributed by atoms with Crippen LogP contribution in [0.2, 0.25) is 5.02 Å². The summed E-state index contributed by atoms with van der Waals surface area (Å²) in [7, 11) is 0. The van der Waals surface area contributed by atoms with E-state index in [1.54, 1.807) is 12.1 Å². The summed E-state index contributed by atoms with van der Waals surface area (Å²) in [4.78, 5) is 29.3. The topological polar surface area (TPSA) is 60.7 Å². The minimum absolute atomic E-state index is 0.0312. The van der Waals surface area contributed by atoms with Crippen molar-refractivity contribution in [1.82, 2.24) is 9.38 Å². The molecule has 1 unspecified atom stereocenters. The summed E-state index contributed by atoms with van der Waals surface area (Å²) in [5.41, 5.74) is 1.72. The van der Waals surface area contributed by atoms with Crippen LogP contribution in [0.25, 0.3) is 5.65 Å². The fourth-order valence-electron chi connectivity index (χ4n) is 3.19. The van der Waals surface area contributed by atoms with Crippen molar-refractivity contribution in [1.29, 1.82) is 0 Å². The first kappa shape index (κ1) is 20.1. The molecule has 0 radical (unpaired) electrons. The number of ether oxygens (including phenoxy) is 1. The zero-order valence-electron chi connectivity index (χ0n) is 16.0. The van der Waals surface area contributed by atoms with E-state index in [9.17, 15) is 9.59 Å². The number of aromatic nitrogens is 2. The van der Waals surface area contributed by atoms with Crippen LogP contribution in [0, 0.1) is 11.8 Å². The fourth-order valence-corrected chi connectivity index (χ4v) is 3.35. The highest BCUT2D eigenvalue weighted by atomic mass is 35.5. The SMILES string of the molecule is CC(C)CC(Cc1ccccc1)C(=O)OCc1cc(=O)n2cc(Cl)ccc2n1. The van der Waals surface area contributed by atoms with Crippen molar-refractivity contribution >= 4 is 23.2 Å². The fraction of sp³-hybridized carbons (Fsp3) is 0.318. The van der Waals surface area contributed by atoms with Gasteiger partial charge in [0.15, 0.2) is 0 Å². The number of pyridine rings is 1. The number of carbonyl (C=O) groups excluding carboxylic acids is 1. The molecule has 0 bridgehead atoms. The molecular formula is C22H23ClN2O3. The maximum atomic E-state index is 12.7. The van der Waals surface area contributed by atoms with Crippen molar-refractivity contribution in [3.8, 4) is 0 Å². The van der Waals surface area contributed by atoms with Crippen LogP contribution in [-0.4, -0.2) is 15.4 Å². The molecule has 0 fully saturated rings. The second-order valence-electron chi connectivity index (χ2n) is 7.29. The molecule has 5 nitrogen and oxygen atoms in total. The van der Waals surface area contributed by atoms with E-state index < -0.39 is 0 Å². The molecule has 1 aromatic carbocycles. The highest BCUT2D eigenvalue weighted by Crippen LogP contribution is 2.19. The number of halogens is 1. The third kappa shape index (κ3) is 5.20. The van der Waals surface area contributed by atoms with Gasteiger partial charge in [-0.25, -0.2) is 4.98 Å². The van der Waals surface area contributed by atoms with Gasteiger partial charge in [-0.1, -0.05) is 55.8 Å². The Balaban J connectivity index is 1.72. The maximum Gasteiger partial charge on any atom is 0.309 e. The van der Waals surface area contributed by atoms with Gasteiger partial charge in [-0.05, 0) is 36.5 Å². The lowest BCUT2D eigenvalue weighted by Gasteiger charge is -2.18. The lowest BCUT2D eigenvalue weighted by atomic mass is 9.91. The largest absolute Gasteiger partial charge is 0.459 e. The number of fused-ring (bicyclic) bond motifs is 1. The highest BCUT2D eigenvalue weighted by Gasteiger charge is 2.22. The number of rotatable bonds is 7. The molecule has 3 rings (SSSR count). The average Bonchev–Trinajstić information content (AvgIpc) is 2.66. The van der Waals surface area contributed by atoms with E-state index in [2.05, 4.69) is 18.8 Å². The van der Waals surface area contributed by atoms with Crippen LogP contribution in [0.3, 0.4) is 0 Å². The molecule has 146 valence electrons. The van der Waals surface area contributed by atoms with Crippen LogP contribution in [0.15, 0.2) is 59.5 Å². The Bertz CT molecular complexity index is 1020. The van der Waals surface area contributed by atoms with Crippen LogP contribution in [0.1, 0.15) is 31.5 Å². The summed E-state index contributed by atoms with van der Waals surface area (Å²) in [5.74, 6) is -0.132. The number of carbonyl (C=O) groups is 1. The molecule has 0 aliphatic heterocycles. The van der Waals surface area contributed by atoms with Gasteiger partial charge >= 0.3 is 5.97 Å². The standard InChI is InChI=1S/C22H23ClN2O3/c1-15(2)10-17(11-16-6-4-3-5-7-16)22(27)28-14-19-12-21(26)25-13-18(23)8-9-20(25)24-19/h3-9,12-13,15,17H,10-11,14H2,1-2H3. The monoisotopic (exact) mass is 398 g/mol. The summed E-state index contributed by atoms with van der Waals surface area (Å²) < 4.78 is 6.88. The van der Waals surface area contributed by atoms with Gasteiger partial charge in [0.2, 0.25) is 0 Å². The van der Waals surface area contributed by atoms with Gasteiger partial charge in [0.1, 0.15) is 12.3 Å². The molecule has 2 aromatic heterocycles. The van der Waals surface area contributed by atoms with E-state index in [0.717, 1.165) is 12.0 Å². The molecule has 0 aliphatic rings. The Morgan fingerprint density at radius 3 is 2.64 bits per heavy atom. The third-order valence-electron chi connectivity index (χ3n) is 4.45. The second-order valence-corrected chi connectivity index (χ2v) is 7.72. The van der Waals surface area contributed by atoms with Gasteiger partial charge in [-0.2, -0.15) is 0 Å². The summed E-state index contributed by atoms with van der Waals surface area (Å²) in [5, 5.41) is 0.452. The van der Waals surface area contributed by atoms with Crippen molar-refractivity contribution in [2.75, 3.05) is 0 Å². The van der Waals surface area contributed by atoms with Gasteiger partial charge in [-0.15, -0.1) is 0 Å². The van der Waals surface area contributed by atoms with Crippen molar-refractivity contribution < 1.29 is 9.53 Å². The Morgan fingerprint density at radius 2 is 1.93 bits per heavy atom.